The molecule has 0 spiro atoms. The van der Waals surface area contributed by atoms with Gasteiger partial charge in [0.15, 0.2) is 24.0 Å². The van der Waals surface area contributed by atoms with Crippen molar-refractivity contribution in [3.63, 3.8) is 0 Å². The van der Waals surface area contributed by atoms with Crippen LogP contribution in [-0.2, 0) is 4.79 Å². The summed E-state index contributed by atoms with van der Waals surface area (Å²) in [6.45, 7) is 1.19. The number of carbonyl (C=O) groups is 1. The monoisotopic (exact) mass is 345 g/mol. The van der Waals surface area contributed by atoms with Gasteiger partial charge in [-0.25, -0.2) is 8.78 Å². The molecule has 0 heterocycles. The minimum Gasteiger partial charge on any atom is -0.477 e. The summed E-state index contributed by atoms with van der Waals surface area (Å²) < 4.78 is 57.8. The summed E-state index contributed by atoms with van der Waals surface area (Å²) in [5.41, 5.74) is 0. The van der Waals surface area contributed by atoms with Gasteiger partial charge in [-0.2, -0.15) is 8.78 Å². The second-order valence-electron chi connectivity index (χ2n) is 6.78. The van der Waals surface area contributed by atoms with Gasteiger partial charge >= 0.3 is 0 Å². The maximum absolute atomic E-state index is 13.5. The lowest BCUT2D eigenvalue weighted by Crippen LogP contribution is -2.42. The molecule has 2 aliphatic rings. The predicted molar refractivity (Wildman–Crippen MR) is 78.3 cm³/mol. The van der Waals surface area contributed by atoms with E-state index in [-0.39, 0.29) is 12.1 Å². The van der Waals surface area contributed by atoms with E-state index < -0.39 is 41.5 Å². The highest BCUT2D eigenvalue weighted by Crippen LogP contribution is 2.49. The number of benzene rings is 1. The van der Waals surface area contributed by atoms with Crippen LogP contribution in [-0.4, -0.2) is 18.6 Å². The van der Waals surface area contributed by atoms with Gasteiger partial charge in [-0.05, 0) is 43.9 Å². The number of fused-ring (bicyclic) bond motifs is 2. The molecule has 4 unspecified atom stereocenters. The molecule has 2 fully saturated rings. The molecule has 1 aromatic carbocycles. The van der Waals surface area contributed by atoms with E-state index in [1.165, 1.54) is 19.3 Å². The van der Waals surface area contributed by atoms with E-state index in [1.54, 1.807) is 0 Å². The molecule has 2 aliphatic carbocycles. The Morgan fingerprint density at radius 3 is 2.42 bits per heavy atom. The van der Waals surface area contributed by atoms with E-state index in [2.05, 4.69) is 10.1 Å². The Hall–Kier alpha value is -1.79. The molecular formula is C17H19F4NO2. The summed E-state index contributed by atoms with van der Waals surface area (Å²) in [6, 6.07) is 0.0183. The molecule has 7 heteroatoms. The predicted octanol–water partition coefficient (Wildman–Crippen LogP) is 3.56. The molecule has 0 radical (unpaired) electrons. The van der Waals surface area contributed by atoms with Gasteiger partial charge in [-0.15, -0.1) is 0 Å². The van der Waals surface area contributed by atoms with Crippen LogP contribution in [0, 0.1) is 41.0 Å². The highest BCUT2D eigenvalue weighted by molar-refractivity contribution is 5.77. The van der Waals surface area contributed by atoms with Gasteiger partial charge < -0.3 is 10.1 Å². The second-order valence-corrected chi connectivity index (χ2v) is 6.78. The van der Waals surface area contributed by atoms with Gasteiger partial charge in [-0.1, -0.05) is 6.42 Å². The molecule has 3 nitrogen and oxygen atoms in total. The van der Waals surface area contributed by atoms with Crippen LogP contribution < -0.4 is 10.1 Å². The first-order valence-electron chi connectivity index (χ1n) is 8.12. The number of rotatable bonds is 5. The van der Waals surface area contributed by atoms with Gasteiger partial charge in [0.1, 0.15) is 0 Å². The van der Waals surface area contributed by atoms with Crippen LogP contribution in [0.3, 0.4) is 0 Å². The van der Waals surface area contributed by atoms with Crippen molar-refractivity contribution >= 4 is 5.91 Å². The van der Waals surface area contributed by atoms with Crippen LogP contribution in [0.15, 0.2) is 6.07 Å². The second kappa shape index (κ2) is 6.61. The molecule has 0 saturated heterocycles. The van der Waals surface area contributed by atoms with Crippen LogP contribution >= 0.6 is 0 Å². The Morgan fingerprint density at radius 1 is 1.21 bits per heavy atom. The van der Waals surface area contributed by atoms with Crippen molar-refractivity contribution in [2.24, 2.45) is 17.8 Å². The van der Waals surface area contributed by atoms with E-state index in [1.807, 2.05) is 6.92 Å². The molecule has 3 rings (SSSR count). The van der Waals surface area contributed by atoms with Gasteiger partial charge in [0.2, 0.25) is 11.6 Å². The van der Waals surface area contributed by atoms with Crippen molar-refractivity contribution in [2.75, 3.05) is 6.61 Å². The summed E-state index contributed by atoms with van der Waals surface area (Å²) in [4.78, 5) is 11.9. The third-order valence-corrected chi connectivity index (χ3v) is 5.24. The van der Waals surface area contributed by atoms with Crippen LogP contribution in [0.1, 0.15) is 32.6 Å². The smallest absolute Gasteiger partial charge is 0.258 e. The highest BCUT2D eigenvalue weighted by atomic mass is 19.2. The van der Waals surface area contributed by atoms with Gasteiger partial charge in [0.25, 0.3) is 5.91 Å². The molecule has 1 aromatic rings. The van der Waals surface area contributed by atoms with Crippen LogP contribution in [0.5, 0.6) is 5.75 Å². The fraction of sp³-hybridized carbons (Fsp3) is 0.588. The summed E-state index contributed by atoms with van der Waals surface area (Å²) in [5, 5.41) is 2.75. The first-order valence-corrected chi connectivity index (χ1v) is 8.12. The Kier molecular flexibility index (Phi) is 4.69. The molecule has 132 valence electrons. The number of hydrogen-bond acceptors (Lipinski definition) is 2. The van der Waals surface area contributed by atoms with Gasteiger partial charge in [-0.3, -0.25) is 4.79 Å². The van der Waals surface area contributed by atoms with E-state index in [0.29, 0.717) is 11.8 Å². The van der Waals surface area contributed by atoms with Crippen molar-refractivity contribution in [1.29, 1.82) is 0 Å². The SMILES string of the molecule is CC(NC(=O)COc1c(F)c(F)cc(F)c1F)C1CC2CCC1C2. The van der Waals surface area contributed by atoms with Crippen LogP contribution in [0.2, 0.25) is 0 Å². The molecule has 24 heavy (non-hydrogen) atoms. The molecule has 4 atom stereocenters. The number of halogens is 4. The Balaban J connectivity index is 1.56. The van der Waals surface area contributed by atoms with Crippen LogP contribution in [0.4, 0.5) is 17.6 Å². The van der Waals surface area contributed by atoms with Gasteiger partial charge in [0.05, 0.1) is 0 Å². The fourth-order valence-corrected chi connectivity index (χ4v) is 4.12. The zero-order valence-electron chi connectivity index (χ0n) is 13.3. The Labute approximate surface area is 137 Å². The summed E-state index contributed by atoms with van der Waals surface area (Å²) in [5.74, 6) is -6.49. The molecular weight excluding hydrogens is 326 g/mol. The maximum Gasteiger partial charge on any atom is 0.258 e. The Bertz CT molecular complexity index is 626. The number of hydrogen-bond donors (Lipinski definition) is 1. The molecule has 1 N–H and O–H groups in total. The van der Waals surface area contributed by atoms with Crippen molar-refractivity contribution in [3.05, 3.63) is 29.3 Å². The lowest BCUT2D eigenvalue weighted by Gasteiger charge is -2.28. The molecule has 1 amide bonds. The lowest BCUT2D eigenvalue weighted by molar-refractivity contribution is -0.124. The summed E-state index contributed by atoms with van der Waals surface area (Å²) in [6.07, 6.45) is 4.69. The van der Waals surface area contributed by atoms with E-state index >= 15 is 0 Å². The number of ether oxygens (including phenoxy) is 1. The lowest BCUT2D eigenvalue weighted by atomic mass is 9.84. The van der Waals surface area contributed by atoms with Crippen molar-refractivity contribution in [3.8, 4) is 5.75 Å². The molecule has 0 aromatic heterocycles. The van der Waals surface area contributed by atoms with Crippen LogP contribution in [0.25, 0.3) is 0 Å². The summed E-state index contributed by atoms with van der Waals surface area (Å²) >= 11 is 0. The maximum atomic E-state index is 13.5. The fourth-order valence-electron chi connectivity index (χ4n) is 4.12. The van der Waals surface area contributed by atoms with Crippen molar-refractivity contribution < 1.29 is 27.1 Å². The first kappa shape index (κ1) is 17.0. The zero-order valence-corrected chi connectivity index (χ0v) is 13.3. The number of nitrogens with one attached hydrogen (secondary N) is 1. The number of carbonyl (C=O) groups excluding carboxylic acids is 1. The molecule has 2 saturated carbocycles. The minimum absolute atomic E-state index is 0.0738. The zero-order chi connectivity index (χ0) is 17.4. The van der Waals surface area contributed by atoms with E-state index in [0.717, 1.165) is 12.3 Å². The largest absolute Gasteiger partial charge is 0.477 e. The first-order chi connectivity index (χ1) is 11.4. The third-order valence-electron chi connectivity index (χ3n) is 5.24. The third kappa shape index (κ3) is 3.21. The van der Waals surface area contributed by atoms with Crippen molar-refractivity contribution in [2.45, 2.75) is 38.6 Å². The average molecular weight is 345 g/mol. The molecule has 0 aliphatic heterocycles. The quantitative estimate of drug-likeness (QED) is 0.655. The minimum atomic E-state index is -1.65. The van der Waals surface area contributed by atoms with E-state index in [9.17, 15) is 22.4 Å². The molecule has 2 bridgehead atoms. The summed E-state index contributed by atoms with van der Waals surface area (Å²) in [7, 11) is 0. The highest BCUT2D eigenvalue weighted by Gasteiger charge is 2.42. The van der Waals surface area contributed by atoms with E-state index in [4.69, 9.17) is 0 Å². The topological polar surface area (TPSA) is 38.3 Å². The Morgan fingerprint density at radius 2 is 1.88 bits per heavy atom. The normalized spacial score (nSPS) is 26.5. The van der Waals surface area contributed by atoms with Crippen molar-refractivity contribution in [1.82, 2.24) is 5.32 Å². The average Bonchev–Trinajstić information content (AvgIpc) is 3.16. The van der Waals surface area contributed by atoms with Gasteiger partial charge in [0, 0.05) is 12.1 Å². The standard InChI is InChI=1S/C17H19F4NO2/c1-8(11-5-9-2-3-10(11)4-9)22-14(23)7-24-17-15(20)12(18)6-13(19)16(17)21/h6,8-11H,2-5,7H2,1H3,(H,22,23). The number of amides is 1.